The lowest BCUT2D eigenvalue weighted by molar-refractivity contribution is -0.110. The number of hydrogen-bond acceptors (Lipinski definition) is 2. The first-order chi connectivity index (χ1) is 6.47. The van der Waals surface area contributed by atoms with Crippen molar-refractivity contribution in [2.24, 2.45) is 17.1 Å². The molecule has 0 aromatic carbocycles. The molecule has 0 aromatic rings. The van der Waals surface area contributed by atoms with Crippen molar-refractivity contribution in [3.8, 4) is 0 Å². The van der Waals surface area contributed by atoms with Crippen molar-refractivity contribution in [2.45, 2.75) is 58.5 Å². The van der Waals surface area contributed by atoms with Crippen molar-refractivity contribution in [2.75, 3.05) is 6.54 Å². The van der Waals surface area contributed by atoms with Crippen LogP contribution in [-0.4, -0.2) is 17.3 Å². The minimum absolute atomic E-state index is 0.0956. The molecule has 0 radical (unpaired) electrons. The highest BCUT2D eigenvalue weighted by Crippen LogP contribution is 2.45. The fraction of sp³-hybridized carbons (Fsp3) is 1.00. The zero-order chi connectivity index (χ0) is 10.8. The Morgan fingerprint density at radius 3 is 2.64 bits per heavy atom. The molecule has 2 nitrogen and oxygen atoms in total. The summed E-state index contributed by atoms with van der Waals surface area (Å²) in [7, 11) is 0. The summed E-state index contributed by atoms with van der Waals surface area (Å²) in [6, 6.07) is 0. The molecule has 1 aliphatic rings. The van der Waals surface area contributed by atoms with E-state index >= 15 is 0 Å². The van der Waals surface area contributed by atoms with Gasteiger partial charge in [0.25, 0.3) is 0 Å². The van der Waals surface area contributed by atoms with E-state index in [1.165, 1.54) is 6.42 Å². The van der Waals surface area contributed by atoms with E-state index in [1.807, 2.05) is 0 Å². The van der Waals surface area contributed by atoms with Crippen LogP contribution in [0.4, 0.5) is 0 Å². The van der Waals surface area contributed by atoms with Gasteiger partial charge in [0.15, 0.2) is 0 Å². The van der Waals surface area contributed by atoms with Gasteiger partial charge in [-0.2, -0.15) is 0 Å². The molecule has 0 heterocycles. The van der Waals surface area contributed by atoms with Crippen molar-refractivity contribution < 1.29 is 5.11 Å². The summed E-state index contributed by atoms with van der Waals surface area (Å²) in [5.41, 5.74) is 5.20. The number of nitrogens with two attached hydrogens (primary N) is 1. The molecule has 0 spiro atoms. The summed E-state index contributed by atoms with van der Waals surface area (Å²) in [6.45, 7) is 7.08. The SMILES string of the molecule is CCC(C)(CN)C1(O)CCCC(C)C1. The first kappa shape index (κ1) is 12.0. The lowest BCUT2D eigenvalue weighted by Crippen LogP contribution is -2.52. The van der Waals surface area contributed by atoms with E-state index in [9.17, 15) is 5.11 Å². The molecule has 0 aromatic heterocycles. The molecule has 1 fully saturated rings. The van der Waals surface area contributed by atoms with Crippen LogP contribution in [0.2, 0.25) is 0 Å². The average Bonchev–Trinajstić information content (AvgIpc) is 2.16. The first-order valence-electron chi connectivity index (χ1n) is 5.90. The first-order valence-corrected chi connectivity index (χ1v) is 5.90. The Kier molecular flexibility index (Phi) is 3.59. The van der Waals surface area contributed by atoms with Gasteiger partial charge >= 0.3 is 0 Å². The molecule has 1 aliphatic carbocycles. The highest BCUT2D eigenvalue weighted by Gasteiger charge is 2.46. The largest absolute Gasteiger partial charge is 0.389 e. The fourth-order valence-electron chi connectivity index (χ4n) is 2.74. The van der Waals surface area contributed by atoms with E-state index in [0.717, 1.165) is 25.7 Å². The van der Waals surface area contributed by atoms with Crippen LogP contribution in [0.1, 0.15) is 52.9 Å². The van der Waals surface area contributed by atoms with Gasteiger partial charge in [-0.05, 0) is 25.2 Å². The summed E-state index contributed by atoms with van der Waals surface area (Å²) in [4.78, 5) is 0. The van der Waals surface area contributed by atoms with E-state index in [4.69, 9.17) is 5.73 Å². The molecular weight excluding hydrogens is 174 g/mol. The summed E-state index contributed by atoms with van der Waals surface area (Å²) in [6.07, 6.45) is 5.22. The van der Waals surface area contributed by atoms with Gasteiger partial charge in [0, 0.05) is 12.0 Å². The maximum absolute atomic E-state index is 10.7. The molecule has 1 saturated carbocycles. The Morgan fingerprint density at radius 2 is 2.21 bits per heavy atom. The molecule has 0 aliphatic heterocycles. The minimum Gasteiger partial charge on any atom is -0.389 e. The second-order valence-corrected chi connectivity index (χ2v) is 5.35. The molecule has 0 bridgehead atoms. The predicted molar refractivity (Wildman–Crippen MR) is 60.0 cm³/mol. The molecule has 2 heteroatoms. The van der Waals surface area contributed by atoms with Gasteiger partial charge in [0.2, 0.25) is 0 Å². The Balaban J connectivity index is 2.80. The average molecular weight is 199 g/mol. The van der Waals surface area contributed by atoms with Crippen LogP contribution < -0.4 is 5.73 Å². The number of hydrogen-bond donors (Lipinski definition) is 2. The molecule has 3 N–H and O–H groups in total. The lowest BCUT2D eigenvalue weighted by Gasteiger charge is -2.48. The van der Waals surface area contributed by atoms with E-state index in [0.29, 0.717) is 12.5 Å². The maximum Gasteiger partial charge on any atom is 0.0715 e. The summed E-state index contributed by atoms with van der Waals surface area (Å²) >= 11 is 0. The topological polar surface area (TPSA) is 46.2 Å². The van der Waals surface area contributed by atoms with Crippen molar-refractivity contribution in [3.05, 3.63) is 0 Å². The summed E-state index contributed by atoms with van der Waals surface area (Å²) < 4.78 is 0. The molecule has 14 heavy (non-hydrogen) atoms. The van der Waals surface area contributed by atoms with E-state index < -0.39 is 5.60 Å². The van der Waals surface area contributed by atoms with Gasteiger partial charge in [0.05, 0.1) is 5.60 Å². The second-order valence-electron chi connectivity index (χ2n) is 5.35. The number of aliphatic hydroxyl groups is 1. The van der Waals surface area contributed by atoms with Crippen molar-refractivity contribution in [1.29, 1.82) is 0 Å². The Labute approximate surface area is 87.9 Å². The second kappa shape index (κ2) is 4.19. The van der Waals surface area contributed by atoms with Crippen LogP contribution in [-0.2, 0) is 0 Å². The Hall–Kier alpha value is -0.0800. The summed E-state index contributed by atoms with van der Waals surface area (Å²) in [5.74, 6) is 0.645. The smallest absolute Gasteiger partial charge is 0.0715 e. The molecule has 0 amide bonds. The quantitative estimate of drug-likeness (QED) is 0.732. The van der Waals surface area contributed by atoms with Crippen molar-refractivity contribution >= 4 is 0 Å². The third-order valence-electron chi connectivity index (χ3n) is 4.33. The third kappa shape index (κ3) is 1.96. The molecule has 84 valence electrons. The molecular formula is C12H25NO. The van der Waals surface area contributed by atoms with Crippen molar-refractivity contribution in [3.63, 3.8) is 0 Å². The van der Waals surface area contributed by atoms with Gasteiger partial charge in [0.1, 0.15) is 0 Å². The maximum atomic E-state index is 10.7. The van der Waals surface area contributed by atoms with Crippen LogP contribution in [0.15, 0.2) is 0 Å². The monoisotopic (exact) mass is 199 g/mol. The van der Waals surface area contributed by atoms with Gasteiger partial charge in [-0.15, -0.1) is 0 Å². The predicted octanol–water partition coefficient (Wildman–Crippen LogP) is 2.30. The third-order valence-corrected chi connectivity index (χ3v) is 4.33. The summed E-state index contributed by atoms with van der Waals surface area (Å²) in [5, 5.41) is 10.7. The van der Waals surface area contributed by atoms with Crippen LogP contribution in [0, 0.1) is 11.3 Å². The Bertz CT molecular complexity index is 189. The van der Waals surface area contributed by atoms with Crippen LogP contribution >= 0.6 is 0 Å². The van der Waals surface area contributed by atoms with Crippen LogP contribution in [0.3, 0.4) is 0 Å². The fourth-order valence-corrected chi connectivity index (χ4v) is 2.74. The van der Waals surface area contributed by atoms with E-state index in [2.05, 4.69) is 20.8 Å². The molecule has 1 rings (SSSR count). The highest BCUT2D eigenvalue weighted by atomic mass is 16.3. The minimum atomic E-state index is -0.520. The van der Waals surface area contributed by atoms with Crippen molar-refractivity contribution in [1.82, 2.24) is 0 Å². The van der Waals surface area contributed by atoms with Crippen LogP contribution in [0.25, 0.3) is 0 Å². The number of rotatable bonds is 3. The normalized spacial score (nSPS) is 37.9. The molecule has 3 unspecified atom stereocenters. The van der Waals surface area contributed by atoms with Gasteiger partial charge in [-0.1, -0.05) is 33.6 Å². The zero-order valence-corrected chi connectivity index (χ0v) is 9.84. The highest BCUT2D eigenvalue weighted by molar-refractivity contribution is 4.98. The Morgan fingerprint density at radius 1 is 1.57 bits per heavy atom. The molecule has 0 saturated heterocycles. The van der Waals surface area contributed by atoms with Gasteiger partial charge in [-0.3, -0.25) is 0 Å². The van der Waals surface area contributed by atoms with Crippen LogP contribution in [0.5, 0.6) is 0 Å². The van der Waals surface area contributed by atoms with Gasteiger partial charge in [-0.25, -0.2) is 0 Å². The van der Waals surface area contributed by atoms with E-state index in [-0.39, 0.29) is 5.41 Å². The van der Waals surface area contributed by atoms with Gasteiger partial charge < -0.3 is 10.8 Å². The van der Waals surface area contributed by atoms with E-state index in [1.54, 1.807) is 0 Å². The standard InChI is InChI=1S/C12H25NO/c1-4-11(3,9-13)12(14)7-5-6-10(2)8-12/h10,14H,4-9,13H2,1-3H3. The molecule has 3 atom stereocenters. The lowest BCUT2D eigenvalue weighted by atomic mass is 9.62. The zero-order valence-electron chi connectivity index (χ0n) is 9.84.